The topological polar surface area (TPSA) is 93.7 Å². The van der Waals surface area contributed by atoms with Gasteiger partial charge in [-0.15, -0.1) is 0 Å². The molecule has 27 heavy (non-hydrogen) atoms. The molecule has 0 aromatic heterocycles. The number of carbonyl (C=O) groups excluding carboxylic acids is 1. The number of methoxy groups -OCH3 is 2. The number of para-hydroxylation sites is 1. The number of hydrogen-bond acceptors (Lipinski definition) is 5. The van der Waals surface area contributed by atoms with E-state index in [0.717, 1.165) is 5.56 Å². The van der Waals surface area contributed by atoms with Crippen molar-refractivity contribution in [3.8, 4) is 11.5 Å². The maximum absolute atomic E-state index is 12.5. The van der Waals surface area contributed by atoms with E-state index in [1.807, 2.05) is 12.1 Å². The van der Waals surface area contributed by atoms with Crippen LogP contribution in [0.25, 0.3) is 0 Å². The molecule has 0 saturated carbocycles. The Bertz CT molecular complexity index is 931. The summed E-state index contributed by atoms with van der Waals surface area (Å²) in [5.74, 6) is 0.859. The molecule has 146 valence electrons. The van der Waals surface area contributed by atoms with Gasteiger partial charge < -0.3 is 14.8 Å². The average molecular weight is 413 g/mol. The summed E-state index contributed by atoms with van der Waals surface area (Å²) in [6, 6.07) is 9.54. The van der Waals surface area contributed by atoms with Gasteiger partial charge in [0.1, 0.15) is 0 Å². The zero-order chi connectivity index (χ0) is 20.0. The molecule has 0 spiro atoms. The molecule has 0 saturated heterocycles. The van der Waals surface area contributed by atoms with Crippen molar-refractivity contribution in [2.24, 2.45) is 0 Å². The summed E-state index contributed by atoms with van der Waals surface area (Å²) in [6.45, 7) is 1.51. The van der Waals surface area contributed by atoms with E-state index < -0.39 is 10.0 Å². The van der Waals surface area contributed by atoms with Crippen molar-refractivity contribution in [2.75, 3.05) is 26.1 Å². The van der Waals surface area contributed by atoms with Gasteiger partial charge in [0.05, 0.1) is 29.8 Å². The smallest absolute Gasteiger partial charge is 0.240 e. The van der Waals surface area contributed by atoms with Gasteiger partial charge in [-0.1, -0.05) is 23.7 Å². The number of ether oxygens (including phenoxy) is 2. The van der Waals surface area contributed by atoms with Gasteiger partial charge in [0.15, 0.2) is 11.5 Å². The zero-order valence-corrected chi connectivity index (χ0v) is 16.8. The molecule has 1 amide bonds. The fourth-order valence-corrected chi connectivity index (χ4v) is 3.86. The molecule has 0 atom stereocenters. The largest absolute Gasteiger partial charge is 0.493 e. The molecule has 2 aromatic rings. The summed E-state index contributed by atoms with van der Waals surface area (Å²) in [7, 11) is -0.680. The summed E-state index contributed by atoms with van der Waals surface area (Å²) < 4.78 is 38.1. The van der Waals surface area contributed by atoms with Gasteiger partial charge in [-0.05, 0) is 36.2 Å². The third-order valence-corrected chi connectivity index (χ3v) is 5.50. The van der Waals surface area contributed by atoms with Crippen LogP contribution in [0.4, 0.5) is 5.69 Å². The Kier molecular flexibility index (Phi) is 7.06. The van der Waals surface area contributed by atoms with Crippen LogP contribution in [0.3, 0.4) is 0 Å². The predicted molar refractivity (Wildman–Crippen MR) is 104 cm³/mol. The van der Waals surface area contributed by atoms with Gasteiger partial charge in [-0.3, -0.25) is 4.79 Å². The van der Waals surface area contributed by atoms with Crippen molar-refractivity contribution < 1.29 is 22.7 Å². The summed E-state index contributed by atoms with van der Waals surface area (Å²) in [5.41, 5.74) is 1.17. The third kappa shape index (κ3) is 5.35. The van der Waals surface area contributed by atoms with E-state index in [-0.39, 0.29) is 22.4 Å². The number of hydrogen-bond donors (Lipinski definition) is 2. The fraction of sp³-hybridized carbons (Fsp3) is 0.278. The van der Waals surface area contributed by atoms with E-state index >= 15 is 0 Å². The van der Waals surface area contributed by atoms with E-state index in [1.54, 1.807) is 13.2 Å². The molecular weight excluding hydrogens is 392 g/mol. The first-order valence-corrected chi connectivity index (χ1v) is 9.91. The van der Waals surface area contributed by atoms with Crippen LogP contribution in [0, 0.1) is 0 Å². The molecular formula is C18H21ClN2O5S. The van der Waals surface area contributed by atoms with Crippen molar-refractivity contribution >= 4 is 33.2 Å². The molecule has 2 N–H and O–H groups in total. The Morgan fingerprint density at radius 1 is 1.15 bits per heavy atom. The number of rotatable bonds is 8. The first kappa shape index (κ1) is 21.0. The van der Waals surface area contributed by atoms with Gasteiger partial charge in [0.25, 0.3) is 0 Å². The zero-order valence-electron chi connectivity index (χ0n) is 15.2. The number of halogens is 1. The SMILES string of the molecule is COc1cccc(CCNS(=O)(=O)c2ccc(NC(C)=O)c(Cl)c2)c1OC. The second kappa shape index (κ2) is 9.07. The Balaban J connectivity index is 2.10. The minimum absolute atomic E-state index is 0.0132. The van der Waals surface area contributed by atoms with Crippen LogP contribution in [0.5, 0.6) is 11.5 Å². The maximum Gasteiger partial charge on any atom is 0.240 e. The Hall–Kier alpha value is -2.29. The highest BCUT2D eigenvalue weighted by Crippen LogP contribution is 2.31. The molecule has 0 aliphatic rings. The molecule has 9 heteroatoms. The number of sulfonamides is 1. The summed E-state index contributed by atoms with van der Waals surface area (Å²) >= 11 is 6.05. The standard InChI is InChI=1S/C18H21ClN2O5S/c1-12(22)21-16-8-7-14(11-15(16)19)27(23,24)20-10-9-13-5-4-6-17(25-2)18(13)26-3/h4-8,11,20H,9-10H2,1-3H3,(H,21,22). The fourth-order valence-electron chi connectivity index (χ4n) is 2.51. The van der Waals surface area contributed by atoms with Crippen molar-refractivity contribution in [3.63, 3.8) is 0 Å². The lowest BCUT2D eigenvalue weighted by atomic mass is 10.1. The number of carbonyl (C=O) groups is 1. The Morgan fingerprint density at radius 3 is 2.48 bits per heavy atom. The Labute approximate surface area is 163 Å². The number of anilines is 1. The highest BCUT2D eigenvalue weighted by molar-refractivity contribution is 7.89. The normalized spacial score (nSPS) is 11.1. The lowest BCUT2D eigenvalue weighted by Crippen LogP contribution is -2.26. The van der Waals surface area contributed by atoms with Crippen molar-refractivity contribution in [2.45, 2.75) is 18.2 Å². The van der Waals surface area contributed by atoms with E-state index in [1.165, 1.54) is 32.2 Å². The lowest BCUT2D eigenvalue weighted by molar-refractivity contribution is -0.114. The van der Waals surface area contributed by atoms with E-state index in [4.69, 9.17) is 21.1 Å². The lowest BCUT2D eigenvalue weighted by Gasteiger charge is -2.13. The van der Waals surface area contributed by atoms with Crippen molar-refractivity contribution in [1.82, 2.24) is 4.72 Å². The van der Waals surface area contributed by atoms with Crippen LogP contribution in [0.15, 0.2) is 41.3 Å². The van der Waals surface area contributed by atoms with Gasteiger partial charge in [-0.2, -0.15) is 0 Å². The first-order chi connectivity index (χ1) is 12.8. The molecule has 2 rings (SSSR count). The van der Waals surface area contributed by atoms with Crippen LogP contribution in [-0.4, -0.2) is 35.1 Å². The molecule has 0 heterocycles. The van der Waals surface area contributed by atoms with Crippen LogP contribution in [0.1, 0.15) is 12.5 Å². The minimum Gasteiger partial charge on any atom is -0.493 e. The van der Waals surface area contributed by atoms with Gasteiger partial charge in [-0.25, -0.2) is 13.1 Å². The number of benzene rings is 2. The monoisotopic (exact) mass is 412 g/mol. The second-order valence-corrected chi connectivity index (χ2v) is 7.80. The third-order valence-electron chi connectivity index (χ3n) is 3.73. The predicted octanol–water partition coefficient (Wildman–Crippen LogP) is 2.84. The van der Waals surface area contributed by atoms with Gasteiger partial charge in [0, 0.05) is 13.5 Å². The van der Waals surface area contributed by atoms with Crippen LogP contribution in [0.2, 0.25) is 5.02 Å². The maximum atomic E-state index is 12.5. The van der Waals surface area contributed by atoms with E-state index in [0.29, 0.717) is 23.6 Å². The van der Waals surface area contributed by atoms with Crippen LogP contribution in [-0.2, 0) is 21.2 Å². The van der Waals surface area contributed by atoms with E-state index in [2.05, 4.69) is 10.0 Å². The summed E-state index contributed by atoms with van der Waals surface area (Å²) in [5, 5.41) is 2.67. The highest BCUT2D eigenvalue weighted by Gasteiger charge is 2.17. The molecule has 0 aliphatic carbocycles. The molecule has 7 nitrogen and oxygen atoms in total. The summed E-state index contributed by atoms with van der Waals surface area (Å²) in [6.07, 6.45) is 0.414. The molecule has 0 radical (unpaired) electrons. The molecule has 0 aliphatic heterocycles. The summed E-state index contributed by atoms with van der Waals surface area (Å²) in [4.78, 5) is 11.1. The first-order valence-electron chi connectivity index (χ1n) is 8.05. The van der Waals surface area contributed by atoms with Crippen LogP contribution >= 0.6 is 11.6 Å². The van der Waals surface area contributed by atoms with Crippen molar-refractivity contribution in [1.29, 1.82) is 0 Å². The van der Waals surface area contributed by atoms with Crippen molar-refractivity contribution in [3.05, 3.63) is 47.0 Å². The highest BCUT2D eigenvalue weighted by atomic mass is 35.5. The van der Waals surface area contributed by atoms with Gasteiger partial charge in [0.2, 0.25) is 15.9 Å². The quantitative estimate of drug-likeness (QED) is 0.695. The molecule has 0 fully saturated rings. The minimum atomic E-state index is -3.75. The average Bonchev–Trinajstić information content (AvgIpc) is 2.62. The number of amides is 1. The molecule has 2 aromatic carbocycles. The number of nitrogens with one attached hydrogen (secondary N) is 2. The Morgan fingerprint density at radius 2 is 1.89 bits per heavy atom. The van der Waals surface area contributed by atoms with Crippen LogP contribution < -0.4 is 19.5 Å². The van der Waals surface area contributed by atoms with E-state index in [9.17, 15) is 13.2 Å². The van der Waals surface area contributed by atoms with Gasteiger partial charge >= 0.3 is 0 Å². The second-order valence-electron chi connectivity index (χ2n) is 5.62. The molecule has 0 bridgehead atoms. The molecule has 0 unspecified atom stereocenters.